The number of hydrogen-bond acceptors (Lipinski definition) is 4. The molecule has 0 saturated carbocycles. The maximum atomic E-state index is 12.6. The molecule has 0 bridgehead atoms. The summed E-state index contributed by atoms with van der Waals surface area (Å²) < 4.78 is 11.8. The number of hydrogen-bond donors (Lipinski definition) is 1. The molecule has 1 amide bonds. The van der Waals surface area contributed by atoms with Crippen molar-refractivity contribution < 1.29 is 24.2 Å². The van der Waals surface area contributed by atoms with Crippen LogP contribution in [0, 0.1) is 0 Å². The maximum Gasteiger partial charge on any atom is 0.329 e. The SMILES string of the molecule is CC1(C(=O)O)CCCN1C(=O)Cc1cc2c(cc1Br)OCCO2. The molecule has 0 radical (unpaired) electrons. The minimum absolute atomic E-state index is 0.125. The first-order chi connectivity index (χ1) is 10.9. The average molecular weight is 384 g/mol. The quantitative estimate of drug-likeness (QED) is 0.865. The van der Waals surface area contributed by atoms with Crippen molar-refractivity contribution in [2.45, 2.75) is 31.7 Å². The summed E-state index contributed by atoms with van der Waals surface area (Å²) in [6.07, 6.45) is 1.31. The maximum absolute atomic E-state index is 12.6. The van der Waals surface area contributed by atoms with Crippen LogP contribution in [0.2, 0.25) is 0 Å². The molecule has 124 valence electrons. The van der Waals surface area contributed by atoms with E-state index in [4.69, 9.17) is 9.47 Å². The van der Waals surface area contributed by atoms with Gasteiger partial charge < -0.3 is 19.5 Å². The third kappa shape index (κ3) is 2.89. The first-order valence-electron chi connectivity index (χ1n) is 7.54. The highest BCUT2D eigenvalue weighted by Crippen LogP contribution is 2.36. The molecule has 1 atom stereocenters. The van der Waals surface area contributed by atoms with Gasteiger partial charge in [0.1, 0.15) is 18.8 Å². The number of likely N-dealkylation sites (tertiary alicyclic amines) is 1. The summed E-state index contributed by atoms with van der Waals surface area (Å²) in [5, 5.41) is 9.43. The van der Waals surface area contributed by atoms with Crippen molar-refractivity contribution in [3.8, 4) is 11.5 Å². The molecule has 2 heterocycles. The van der Waals surface area contributed by atoms with Gasteiger partial charge >= 0.3 is 5.97 Å². The summed E-state index contributed by atoms with van der Waals surface area (Å²) in [4.78, 5) is 25.6. The van der Waals surface area contributed by atoms with Crippen LogP contribution in [-0.2, 0) is 16.0 Å². The van der Waals surface area contributed by atoms with Crippen molar-refractivity contribution in [2.75, 3.05) is 19.8 Å². The Morgan fingerprint density at radius 2 is 1.96 bits per heavy atom. The van der Waals surface area contributed by atoms with Gasteiger partial charge in [-0.25, -0.2) is 4.79 Å². The molecule has 2 aliphatic rings. The number of rotatable bonds is 3. The zero-order chi connectivity index (χ0) is 16.6. The van der Waals surface area contributed by atoms with Crippen LogP contribution < -0.4 is 9.47 Å². The molecular formula is C16H18BrNO5. The average Bonchev–Trinajstić information content (AvgIpc) is 2.91. The van der Waals surface area contributed by atoms with Crippen LogP contribution >= 0.6 is 15.9 Å². The van der Waals surface area contributed by atoms with Gasteiger partial charge in [0.2, 0.25) is 5.91 Å². The molecule has 6 nitrogen and oxygen atoms in total. The van der Waals surface area contributed by atoms with Crippen molar-refractivity contribution in [1.82, 2.24) is 4.90 Å². The molecule has 7 heteroatoms. The van der Waals surface area contributed by atoms with Gasteiger partial charge in [0.25, 0.3) is 0 Å². The van der Waals surface area contributed by atoms with Crippen LogP contribution in [0.5, 0.6) is 11.5 Å². The summed E-state index contributed by atoms with van der Waals surface area (Å²) in [6, 6.07) is 3.57. The van der Waals surface area contributed by atoms with E-state index in [0.29, 0.717) is 44.1 Å². The van der Waals surface area contributed by atoms with E-state index in [1.807, 2.05) is 0 Å². The highest BCUT2D eigenvalue weighted by atomic mass is 79.9. The first-order valence-corrected chi connectivity index (χ1v) is 8.33. The number of carboxylic acids is 1. The highest BCUT2D eigenvalue weighted by molar-refractivity contribution is 9.10. The third-order valence-corrected chi connectivity index (χ3v) is 5.19. The lowest BCUT2D eigenvalue weighted by Crippen LogP contribution is -2.51. The van der Waals surface area contributed by atoms with E-state index in [0.717, 1.165) is 10.0 Å². The minimum atomic E-state index is -1.11. The van der Waals surface area contributed by atoms with Crippen LogP contribution in [0.4, 0.5) is 0 Å². The largest absolute Gasteiger partial charge is 0.486 e. The Bertz CT molecular complexity index is 662. The number of carbonyl (C=O) groups excluding carboxylic acids is 1. The zero-order valence-corrected chi connectivity index (χ0v) is 14.4. The van der Waals surface area contributed by atoms with E-state index in [1.54, 1.807) is 19.1 Å². The van der Waals surface area contributed by atoms with Gasteiger partial charge in [-0.05, 0) is 37.5 Å². The summed E-state index contributed by atoms with van der Waals surface area (Å²) in [6.45, 7) is 3.07. The van der Waals surface area contributed by atoms with Crippen LogP contribution in [0.25, 0.3) is 0 Å². The Morgan fingerprint density at radius 3 is 2.61 bits per heavy atom. The molecule has 1 aromatic carbocycles. The zero-order valence-electron chi connectivity index (χ0n) is 12.8. The van der Waals surface area contributed by atoms with Crippen molar-refractivity contribution in [3.05, 3.63) is 22.2 Å². The number of ether oxygens (including phenoxy) is 2. The van der Waals surface area contributed by atoms with Gasteiger partial charge in [-0.2, -0.15) is 0 Å². The van der Waals surface area contributed by atoms with Gasteiger partial charge in [-0.1, -0.05) is 15.9 Å². The topological polar surface area (TPSA) is 76.1 Å². The molecule has 0 spiro atoms. The second-order valence-corrected chi connectivity index (χ2v) is 6.85. The molecule has 1 aromatic rings. The fourth-order valence-corrected chi connectivity index (χ4v) is 3.55. The standard InChI is InChI=1S/C16H18BrNO5/c1-16(15(20)21)3-2-4-18(16)14(19)8-10-7-12-13(9-11(10)17)23-6-5-22-12/h7,9H,2-6,8H2,1H3,(H,20,21). The fraction of sp³-hybridized carbons (Fsp3) is 0.500. The number of aliphatic carboxylic acids is 1. The molecule has 0 aliphatic carbocycles. The Labute approximate surface area is 142 Å². The molecule has 1 N–H and O–H groups in total. The molecule has 0 aromatic heterocycles. The van der Waals surface area contributed by atoms with Gasteiger partial charge in [-0.3, -0.25) is 4.79 Å². The summed E-state index contributed by atoms with van der Waals surface area (Å²) in [7, 11) is 0. The smallest absolute Gasteiger partial charge is 0.329 e. The van der Waals surface area contributed by atoms with Gasteiger partial charge in [0.15, 0.2) is 11.5 Å². The lowest BCUT2D eigenvalue weighted by atomic mass is 9.98. The monoisotopic (exact) mass is 383 g/mol. The number of benzene rings is 1. The lowest BCUT2D eigenvalue weighted by molar-refractivity contribution is -0.155. The second kappa shape index (κ2) is 6.03. The van der Waals surface area contributed by atoms with E-state index in [9.17, 15) is 14.7 Å². The lowest BCUT2D eigenvalue weighted by Gasteiger charge is -2.31. The first kappa shape index (κ1) is 16.1. The number of fused-ring (bicyclic) bond motifs is 1. The molecular weight excluding hydrogens is 366 g/mol. The van der Waals surface area contributed by atoms with Crippen molar-refractivity contribution in [2.24, 2.45) is 0 Å². The van der Waals surface area contributed by atoms with E-state index >= 15 is 0 Å². The van der Waals surface area contributed by atoms with Crippen molar-refractivity contribution in [3.63, 3.8) is 0 Å². The number of amides is 1. The molecule has 23 heavy (non-hydrogen) atoms. The van der Waals surface area contributed by atoms with Gasteiger partial charge in [-0.15, -0.1) is 0 Å². The van der Waals surface area contributed by atoms with Crippen molar-refractivity contribution in [1.29, 1.82) is 0 Å². The Balaban J connectivity index is 1.82. The predicted molar refractivity (Wildman–Crippen MR) is 85.8 cm³/mol. The summed E-state index contributed by atoms with van der Waals surface area (Å²) >= 11 is 3.45. The molecule has 1 fully saturated rings. The number of halogens is 1. The Kier molecular flexibility index (Phi) is 4.23. The van der Waals surface area contributed by atoms with Gasteiger partial charge in [0, 0.05) is 11.0 Å². The molecule has 3 rings (SSSR count). The molecule has 2 aliphatic heterocycles. The van der Waals surface area contributed by atoms with E-state index in [2.05, 4.69) is 15.9 Å². The van der Waals surface area contributed by atoms with Crippen LogP contribution in [0.3, 0.4) is 0 Å². The van der Waals surface area contributed by atoms with Gasteiger partial charge in [0.05, 0.1) is 6.42 Å². The number of nitrogens with zero attached hydrogens (tertiary/aromatic N) is 1. The fourth-order valence-electron chi connectivity index (χ4n) is 3.09. The Hall–Kier alpha value is -1.76. The molecule has 1 unspecified atom stereocenters. The number of carbonyl (C=O) groups is 2. The van der Waals surface area contributed by atoms with Crippen LogP contribution in [-0.4, -0.2) is 47.2 Å². The number of carboxylic acid groups (broad SMARTS) is 1. The van der Waals surface area contributed by atoms with E-state index in [-0.39, 0.29) is 12.3 Å². The van der Waals surface area contributed by atoms with Crippen LogP contribution in [0.1, 0.15) is 25.3 Å². The normalized spacial score (nSPS) is 23.0. The van der Waals surface area contributed by atoms with Crippen molar-refractivity contribution >= 4 is 27.8 Å². The Morgan fingerprint density at radius 1 is 1.30 bits per heavy atom. The third-order valence-electron chi connectivity index (χ3n) is 4.46. The molecule has 1 saturated heterocycles. The van der Waals surface area contributed by atoms with E-state index in [1.165, 1.54) is 4.90 Å². The highest BCUT2D eigenvalue weighted by Gasteiger charge is 2.45. The summed E-state index contributed by atoms with van der Waals surface area (Å²) in [5.74, 6) is 0.120. The van der Waals surface area contributed by atoms with E-state index < -0.39 is 11.5 Å². The minimum Gasteiger partial charge on any atom is -0.486 e. The van der Waals surface area contributed by atoms with Crippen LogP contribution in [0.15, 0.2) is 16.6 Å². The predicted octanol–water partition coefficient (Wildman–Crippen LogP) is 2.23. The summed E-state index contributed by atoms with van der Waals surface area (Å²) in [5.41, 5.74) is -0.351. The second-order valence-electron chi connectivity index (χ2n) is 5.99.